The Balaban J connectivity index is 3.00. The smallest absolute Gasteiger partial charge is 0.322 e. The molecule has 0 saturated heterocycles. The summed E-state index contributed by atoms with van der Waals surface area (Å²) in [7, 11) is 0. The highest BCUT2D eigenvalue weighted by Crippen LogP contribution is 2.31. The Bertz CT molecular complexity index is 410. The standard InChI is InChI=1S/C14H19NO3/c1-3-14(4-2,11-8-6-5-7-9-11)13(18)15-10-12(16)17/h5-9H,3-4,10H2,1-2H3,(H,15,18)(H,16,17). The highest BCUT2D eigenvalue weighted by molar-refractivity contribution is 5.90. The molecule has 1 rings (SSSR count). The van der Waals surface area contributed by atoms with E-state index in [0.717, 1.165) is 5.56 Å². The lowest BCUT2D eigenvalue weighted by atomic mass is 9.75. The third kappa shape index (κ3) is 2.88. The normalized spacial score (nSPS) is 11.0. The van der Waals surface area contributed by atoms with Crippen molar-refractivity contribution in [3.05, 3.63) is 35.9 Å². The van der Waals surface area contributed by atoms with Crippen LogP contribution in [-0.2, 0) is 15.0 Å². The molecule has 0 aliphatic heterocycles. The molecule has 0 aromatic heterocycles. The maximum Gasteiger partial charge on any atom is 0.322 e. The summed E-state index contributed by atoms with van der Waals surface area (Å²) in [6.07, 6.45) is 1.28. The predicted octanol–water partition coefficient (Wildman–Crippen LogP) is 1.95. The summed E-state index contributed by atoms with van der Waals surface area (Å²) in [6.45, 7) is 3.54. The Kier molecular flexibility index (Phi) is 4.89. The van der Waals surface area contributed by atoms with Gasteiger partial charge in [0.05, 0.1) is 5.41 Å². The molecule has 1 aromatic carbocycles. The number of amides is 1. The Morgan fingerprint density at radius 2 is 1.72 bits per heavy atom. The maximum absolute atomic E-state index is 12.3. The molecule has 0 saturated carbocycles. The summed E-state index contributed by atoms with van der Waals surface area (Å²) in [5.74, 6) is -1.25. The number of carbonyl (C=O) groups is 2. The summed E-state index contributed by atoms with van der Waals surface area (Å²) < 4.78 is 0. The van der Waals surface area contributed by atoms with Crippen LogP contribution in [0.2, 0.25) is 0 Å². The van der Waals surface area contributed by atoms with Crippen LogP contribution in [0.1, 0.15) is 32.3 Å². The number of hydrogen-bond acceptors (Lipinski definition) is 2. The summed E-state index contributed by atoms with van der Waals surface area (Å²) in [6, 6.07) is 9.50. The highest BCUT2D eigenvalue weighted by Gasteiger charge is 2.36. The summed E-state index contributed by atoms with van der Waals surface area (Å²) >= 11 is 0. The number of benzene rings is 1. The van der Waals surface area contributed by atoms with Crippen molar-refractivity contribution >= 4 is 11.9 Å². The minimum atomic E-state index is -1.03. The van der Waals surface area contributed by atoms with Gasteiger partial charge in [-0.1, -0.05) is 44.2 Å². The summed E-state index contributed by atoms with van der Waals surface area (Å²) in [5.41, 5.74) is 0.286. The molecule has 98 valence electrons. The van der Waals surface area contributed by atoms with Gasteiger partial charge < -0.3 is 10.4 Å². The minimum Gasteiger partial charge on any atom is -0.480 e. The van der Waals surface area contributed by atoms with Crippen molar-refractivity contribution in [2.24, 2.45) is 0 Å². The second kappa shape index (κ2) is 6.19. The average Bonchev–Trinajstić information content (AvgIpc) is 2.39. The predicted molar refractivity (Wildman–Crippen MR) is 69.3 cm³/mol. The second-order valence-corrected chi connectivity index (χ2v) is 4.23. The zero-order valence-corrected chi connectivity index (χ0v) is 10.8. The van der Waals surface area contributed by atoms with Crippen molar-refractivity contribution < 1.29 is 14.7 Å². The van der Waals surface area contributed by atoms with E-state index in [9.17, 15) is 9.59 Å². The van der Waals surface area contributed by atoms with Crippen LogP contribution in [0.5, 0.6) is 0 Å². The molecule has 0 aliphatic carbocycles. The van der Waals surface area contributed by atoms with E-state index in [1.807, 2.05) is 44.2 Å². The topological polar surface area (TPSA) is 66.4 Å². The Morgan fingerprint density at radius 1 is 1.17 bits per heavy atom. The summed E-state index contributed by atoms with van der Waals surface area (Å²) in [4.78, 5) is 22.8. The van der Waals surface area contributed by atoms with Crippen LogP contribution in [0.3, 0.4) is 0 Å². The molecular formula is C14H19NO3. The van der Waals surface area contributed by atoms with Gasteiger partial charge in [-0.25, -0.2) is 0 Å². The first-order valence-corrected chi connectivity index (χ1v) is 6.12. The second-order valence-electron chi connectivity index (χ2n) is 4.23. The lowest BCUT2D eigenvalue weighted by Gasteiger charge is -2.30. The van der Waals surface area contributed by atoms with Gasteiger partial charge in [-0.2, -0.15) is 0 Å². The molecular weight excluding hydrogens is 230 g/mol. The minimum absolute atomic E-state index is 0.221. The molecule has 4 nitrogen and oxygen atoms in total. The number of nitrogens with one attached hydrogen (secondary N) is 1. The number of rotatable bonds is 6. The number of aliphatic carboxylic acids is 1. The van der Waals surface area contributed by atoms with Gasteiger partial charge in [0, 0.05) is 0 Å². The molecule has 0 heterocycles. The van der Waals surface area contributed by atoms with E-state index < -0.39 is 11.4 Å². The van der Waals surface area contributed by atoms with Gasteiger partial charge in [-0.15, -0.1) is 0 Å². The van der Waals surface area contributed by atoms with Gasteiger partial charge in [0.1, 0.15) is 6.54 Å². The van der Waals surface area contributed by atoms with Crippen molar-refractivity contribution in [3.63, 3.8) is 0 Å². The molecule has 0 aliphatic rings. The van der Waals surface area contributed by atoms with E-state index in [1.54, 1.807) is 0 Å². The Labute approximate surface area is 107 Å². The molecule has 0 fully saturated rings. The van der Waals surface area contributed by atoms with E-state index >= 15 is 0 Å². The van der Waals surface area contributed by atoms with Crippen molar-refractivity contribution in [3.8, 4) is 0 Å². The monoisotopic (exact) mass is 249 g/mol. The fourth-order valence-electron chi connectivity index (χ4n) is 2.19. The number of hydrogen-bond donors (Lipinski definition) is 2. The van der Waals surface area contributed by atoms with E-state index in [4.69, 9.17) is 5.11 Å². The van der Waals surface area contributed by atoms with Crippen molar-refractivity contribution in [1.29, 1.82) is 0 Å². The van der Waals surface area contributed by atoms with Crippen LogP contribution < -0.4 is 5.32 Å². The molecule has 0 bridgehead atoms. The van der Waals surface area contributed by atoms with Crippen LogP contribution in [-0.4, -0.2) is 23.5 Å². The van der Waals surface area contributed by atoms with Crippen molar-refractivity contribution in [1.82, 2.24) is 5.32 Å². The first-order valence-electron chi connectivity index (χ1n) is 6.12. The zero-order valence-electron chi connectivity index (χ0n) is 10.8. The number of carbonyl (C=O) groups excluding carboxylic acids is 1. The van der Waals surface area contributed by atoms with Crippen LogP contribution in [0.4, 0.5) is 0 Å². The largest absolute Gasteiger partial charge is 0.480 e. The quantitative estimate of drug-likeness (QED) is 0.809. The third-order valence-corrected chi connectivity index (χ3v) is 3.37. The molecule has 0 spiro atoms. The molecule has 18 heavy (non-hydrogen) atoms. The molecule has 0 atom stereocenters. The number of carboxylic acid groups (broad SMARTS) is 1. The number of carboxylic acids is 1. The van der Waals surface area contributed by atoms with E-state index in [0.29, 0.717) is 12.8 Å². The lowest BCUT2D eigenvalue weighted by Crippen LogP contribution is -2.45. The Morgan fingerprint density at radius 3 is 2.17 bits per heavy atom. The fourth-order valence-corrected chi connectivity index (χ4v) is 2.19. The Hall–Kier alpha value is -1.84. The van der Waals surface area contributed by atoms with Gasteiger partial charge in [0.25, 0.3) is 0 Å². The van der Waals surface area contributed by atoms with E-state index in [1.165, 1.54) is 0 Å². The molecule has 2 N–H and O–H groups in total. The van der Waals surface area contributed by atoms with Crippen LogP contribution in [0, 0.1) is 0 Å². The van der Waals surface area contributed by atoms with Crippen molar-refractivity contribution in [2.45, 2.75) is 32.1 Å². The maximum atomic E-state index is 12.3. The van der Waals surface area contributed by atoms with Gasteiger partial charge in [-0.05, 0) is 18.4 Å². The van der Waals surface area contributed by atoms with E-state index in [2.05, 4.69) is 5.32 Å². The van der Waals surface area contributed by atoms with Crippen LogP contribution in [0.25, 0.3) is 0 Å². The molecule has 0 unspecified atom stereocenters. The van der Waals surface area contributed by atoms with Crippen LogP contribution in [0.15, 0.2) is 30.3 Å². The third-order valence-electron chi connectivity index (χ3n) is 3.37. The van der Waals surface area contributed by atoms with Gasteiger partial charge in [0.15, 0.2) is 0 Å². The fraction of sp³-hybridized carbons (Fsp3) is 0.429. The van der Waals surface area contributed by atoms with E-state index in [-0.39, 0.29) is 12.5 Å². The SMILES string of the molecule is CCC(CC)(C(=O)NCC(=O)O)c1ccccc1. The first kappa shape index (κ1) is 14.2. The molecule has 0 radical (unpaired) electrons. The molecule has 1 aromatic rings. The highest BCUT2D eigenvalue weighted by atomic mass is 16.4. The first-order chi connectivity index (χ1) is 8.56. The van der Waals surface area contributed by atoms with Gasteiger partial charge >= 0.3 is 5.97 Å². The lowest BCUT2D eigenvalue weighted by molar-refractivity contribution is -0.139. The average molecular weight is 249 g/mol. The van der Waals surface area contributed by atoms with Gasteiger partial charge in [0.2, 0.25) is 5.91 Å². The van der Waals surface area contributed by atoms with Crippen molar-refractivity contribution in [2.75, 3.05) is 6.54 Å². The van der Waals surface area contributed by atoms with Gasteiger partial charge in [-0.3, -0.25) is 9.59 Å². The summed E-state index contributed by atoms with van der Waals surface area (Å²) in [5, 5.41) is 11.1. The zero-order chi connectivity index (χ0) is 13.6. The molecule has 4 heteroatoms. The molecule has 1 amide bonds. The van der Waals surface area contributed by atoms with Crippen LogP contribution >= 0.6 is 0 Å².